The van der Waals surface area contributed by atoms with Crippen LogP contribution in [-0.4, -0.2) is 14.8 Å². The molecule has 0 unspecified atom stereocenters. The molecule has 1 aromatic heterocycles. The molecule has 0 saturated heterocycles. The fourth-order valence-electron chi connectivity index (χ4n) is 2.37. The fourth-order valence-corrected chi connectivity index (χ4v) is 2.37. The second-order valence-corrected chi connectivity index (χ2v) is 5.63. The molecule has 28 heavy (non-hydrogen) atoms. The highest BCUT2D eigenvalue weighted by atomic mass is 19.1. The van der Waals surface area contributed by atoms with Crippen LogP contribution >= 0.6 is 0 Å². The molecule has 0 aliphatic carbocycles. The Hall–Kier alpha value is -4.08. The molecule has 0 aliphatic heterocycles. The lowest BCUT2D eigenvalue weighted by molar-refractivity contribution is -0.393. The number of hydrogen-bond acceptors (Lipinski definition) is 7. The van der Waals surface area contributed by atoms with Crippen molar-refractivity contribution in [1.29, 1.82) is 0 Å². The number of nitrogens with zero attached hydrogens (tertiary/aromatic N) is 3. The van der Waals surface area contributed by atoms with Crippen molar-refractivity contribution < 1.29 is 19.0 Å². The summed E-state index contributed by atoms with van der Waals surface area (Å²) in [7, 11) is 0. The van der Waals surface area contributed by atoms with E-state index in [1.807, 2.05) is 0 Å². The number of pyridine rings is 1. The van der Waals surface area contributed by atoms with E-state index >= 15 is 0 Å². The van der Waals surface area contributed by atoms with Crippen molar-refractivity contribution >= 4 is 17.1 Å². The molecule has 3 aromatic rings. The van der Waals surface area contributed by atoms with Crippen LogP contribution in [0.25, 0.3) is 0 Å². The summed E-state index contributed by atoms with van der Waals surface area (Å²) >= 11 is 0. The summed E-state index contributed by atoms with van der Waals surface area (Å²) in [5, 5.41) is 24.8. The molecule has 3 rings (SSSR count). The van der Waals surface area contributed by atoms with Crippen molar-refractivity contribution in [2.45, 2.75) is 6.54 Å². The van der Waals surface area contributed by atoms with Crippen LogP contribution in [0.3, 0.4) is 0 Å². The summed E-state index contributed by atoms with van der Waals surface area (Å²) in [5.41, 5.74) is 0.0929. The van der Waals surface area contributed by atoms with E-state index in [4.69, 9.17) is 4.74 Å². The summed E-state index contributed by atoms with van der Waals surface area (Å²) in [6, 6.07) is 12.1. The second kappa shape index (κ2) is 8.08. The SMILES string of the molecule is O=[N+]([O-])c1ccc(NCc2ccnc(Oc3ccc(F)cc3)c2)c([N+](=O)[O-])c1. The highest BCUT2D eigenvalue weighted by Crippen LogP contribution is 2.29. The first-order valence-corrected chi connectivity index (χ1v) is 7.97. The lowest BCUT2D eigenvalue weighted by Crippen LogP contribution is -2.04. The highest BCUT2D eigenvalue weighted by molar-refractivity contribution is 5.65. The molecule has 1 heterocycles. The van der Waals surface area contributed by atoms with Crippen molar-refractivity contribution in [3.63, 3.8) is 0 Å². The number of nitrogens with one attached hydrogen (secondary N) is 1. The maximum absolute atomic E-state index is 12.9. The van der Waals surface area contributed by atoms with Gasteiger partial charge in [0.05, 0.1) is 15.9 Å². The molecular formula is C18H13FN4O5. The van der Waals surface area contributed by atoms with Crippen molar-refractivity contribution in [1.82, 2.24) is 4.98 Å². The topological polar surface area (TPSA) is 120 Å². The van der Waals surface area contributed by atoms with Crippen LogP contribution in [0.4, 0.5) is 21.5 Å². The van der Waals surface area contributed by atoms with Crippen LogP contribution in [-0.2, 0) is 6.54 Å². The Kier molecular flexibility index (Phi) is 5.40. The Morgan fingerprint density at radius 2 is 1.75 bits per heavy atom. The molecule has 142 valence electrons. The first-order chi connectivity index (χ1) is 13.4. The number of hydrogen-bond donors (Lipinski definition) is 1. The standard InChI is InChI=1S/C18H13FN4O5/c19-13-1-4-15(5-2-13)28-18-9-12(7-8-20-18)11-21-16-6-3-14(22(24)25)10-17(16)23(26)27/h1-10,21H,11H2. The molecule has 0 fully saturated rings. The van der Waals surface area contributed by atoms with Crippen molar-refractivity contribution in [3.8, 4) is 11.6 Å². The Labute approximate surface area is 157 Å². The van der Waals surface area contributed by atoms with Gasteiger partial charge in [0.15, 0.2) is 0 Å². The zero-order valence-corrected chi connectivity index (χ0v) is 14.2. The predicted molar refractivity (Wildman–Crippen MR) is 97.8 cm³/mol. The third-order valence-electron chi connectivity index (χ3n) is 3.71. The quantitative estimate of drug-likeness (QED) is 0.472. The molecule has 2 aromatic carbocycles. The number of non-ortho nitro benzene ring substituents is 1. The first kappa shape index (κ1) is 18.7. The number of ether oxygens (including phenoxy) is 1. The van der Waals surface area contributed by atoms with E-state index in [-0.39, 0.29) is 29.6 Å². The maximum Gasteiger partial charge on any atom is 0.299 e. The van der Waals surface area contributed by atoms with Gasteiger partial charge >= 0.3 is 0 Å². The van der Waals surface area contributed by atoms with Crippen LogP contribution in [0.5, 0.6) is 11.6 Å². The van der Waals surface area contributed by atoms with Crippen LogP contribution < -0.4 is 10.1 Å². The largest absolute Gasteiger partial charge is 0.439 e. The predicted octanol–water partition coefficient (Wildman–Crippen LogP) is 4.44. The third kappa shape index (κ3) is 4.55. The molecule has 0 saturated carbocycles. The molecule has 0 atom stereocenters. The van der Waals surface area contributed by atoms with Crippen molar-refractivity contribution in [2.75, 3.05) is 5.32 Å². The van der Waals surface area contributed by atoms with Gasteiger partial charge in [0.2, 0.25) is 5.88 Å². The van der Waals surface area contributed by atoms with Gasteiger partial charge in [-0.05, 0) is 42.0 Å². The van der Waals surface area contributed by atoms with E-state index in [9.17, 15) is 24.6 Å². The van der Waals surface area contributed by atoms with E-state index < -0.39 is 15.5 Å². The fraction of sp³-hybridized carbons (Fsp3) is 0.0556. The minimum atomic E-state index is -0.696. The summed E-state index contributed by atoms with van der Waals surface area (Å²) in [6.45, 7) is 0.195. The van der Waals surface area contributed by atoms with Crippen LogP contribution in [0.2, 0.25) is 0 Å². The van der Waals surface area contributed by atoms with Crippen molar-refractivity contribution in [3.05, 3.63) is 92.4 Å². The van der Waals surface area contributed by atoms with Gasteiger partial charge in [-0.1, -0.05) is 0 Å². The Morgan fingerprint density at radius 3 is 2.43 bits per heavy atom. The van der Waals surface area contributed by atoms with E-state index in [2.05, 4.69) is 10.3 Å². The second-order valence-electron chi connectivity index (χ2n) is 5.63. The Balaban J connectivity index is 1.73. The zero-order chi connectivity index (χ0) is 20.1. The van der Waals surface area contributed by atoms with Gasteiger partial charge < -0.3 is 10.1 Å². The minimum Gasteiger partial charge on any atom is -0.439 e. The molecule has 0 aliphatic rings. The Bertz CT molecular complexity index is 1030. The molecular weight excluding hydrogens is 371 g/mol. The van der Waals surface area contributed by atoms with Gasteiger partial charge in [0.25, 0.3) is 11.4 Å². The number of nitro benzene ring substituents is 2. The lowest BCUT2D eigenvalue weighted by Gasteiger charge is -2.09. The normalized spacial score (nSPS) is 10.3. The highest BCUT2D eigenvalue weighted by Gasteiger charge is 2.19. The van der Waals surface area contributed by atoms with Crippen LogP contribution in [0, 0.1) is 26.0 Å². The average molecular weight is 384 g/mol. The third-order valence-corrected chi connectivity index (χ3v) is 3.71. The number of nitro groups is 2. The van der Waals surface area contributed by atoms with Gasteiger partial charge in [-0.2, -0.15) is 0 Å². The summed E-state index contributed by atoms with van der Waals surface area (Å²) < 4.78 is 18.5. The summed E-state index contributed by atoms with van der Waals surface area (Å²) in [4.78, 5) is 24.6. The summed E-state index contributed by atoms with van der Waals surface area (Å²) in [6.07, 6.45) is 1.50. The summed E-state index contributed by atoms with van der Waals surface area (Å²) in [5.74, 6) is 0.289. The molecule has 9 nitrogen and oxygen atoms in total. The molecule has 0 radical (unpaired) electrons. The van der Waals surface area contributed by atoms with Crippen LogP contribution in [0.15, 0.2) is 60.8 Å². The van der Waals surface area contributed by atoms with E-state index in [0.29, 0.717) is 11.3 Å². The number of rotatable bonds is 7. The number of aromatic nitrogens is 1. The molecule has 0 amide bonds. The molecule has 0 spiro atoms. The molecule has 0 bridgehead atoms. The van der Waals surface area contributed by atoms with Gasteiger partial charge in [-0.3, -0.25) is 20.2 Å². The Morgan fingerprint density at radius 1 is 1.00 bits per heavy atom. The van der Waals surface area contributed by atoms with Gasteiger partial charge in [0, 0.05) is 24.9 Å². The van der Waals surface area contributed by atoms with Gasteiger partial charge in [-0.15, -0.1) is 0 Å². The number of benzene rings is 2. The smallest absolute Gasteiger partial charge is 0.299 e. The number of halogens is 1. The first-order valence-electron chi connectivity index (χ1n) is 7.97. The van der Waals surface area contributed by atoms with Crippen LogP contribution in [0.1, 0.15) is 5.56 Å². The van der Waals surface area contributed by atoms with E-state index in [0.717, 1.165) is 6.07 Å². The molecule has 1 N–H and O–H groups in total. The number of anilines is 1. The lowest BCUT2D eigenvalue weighted by atomic mass is 10.2. The maximum atomic E-state index is 12.9. The van der Waals surface area contributed by atoms with E-state index in [1.165, 1.54) is 42.6 Å². The average Bonchev–Trinajstić information content (AvgIpc) is 2.68. The molecule has 10 heteroatoms. The van der Waals surface area contributed by atoms with Gasteiger partial charge in [0.1, 0.15) is 17.3 Å². The minimum absolute atomic E-state index is 0.147. The van der Waals surface area contributed by atoms with Gasteiger partial charge in [-0.25, -0.2) is 9.37 Å². The van der Waals surface area contributed by atoms with Crippen molar-refractivity contribution in [2.24, 2.45) is 0 Å². The van der Waals surface area contributed by atoms with E-state index in [1.54, 1.807) is 12.1 Å². The zero-order valence-electron chi connectivity index (χ0n) is 14.2. The monoisotopic (exact) mass is 384 g/mol.